The molecule has 1 heterocycles. The number of benzene rings is 1. The molecule has 4 N–H and O–H groups in total. The Morgan fingerprint density at radius 1 is 1.19 bits per heavy atom. The summed E-state index contributed by atoms with van der Waals surface area (Å²) in [5, 5.41) is 0. The first-order chi connectivity index (χ1) is 12.4. The Morgan fingerprint density at radius 2 is 1.85 bits per heavy atom. The highest BCUT2D eigenvalue weighted by molar-refractivity contribution is 6.05. The first kappa shape index (κ1) is 18.2. The second kappa shape index (κ2) is 7.35. The number of carbonyl (C=O) groups excluding carboxylic acids is 1. The van der Waals surface area contributed by atoms with Crippen LogP contribution in [0.25, 0.3) is 0 Å². The minimum Gasteiger partial charge on any atom is -0.462 e. The third kappa shape index (κ3) is 3.66. The van der Waals surface area contributed by atoms with Crippen molar-refractivity contribution >= 4 is 23.6 Å². The van der Waals surface area contributed by atoms with E-state index in [1.807, 2.05) is 30.9 Å². The molecule has 1 aromatic rings. The normalized spacial score (nSPS) is 19.3. The van der Waals surface area contributed by atoms with Crippen molar-refractivity contribution in [2.45, 2.75) is 51.6 Å². The van der Waals surface area contributed by atoms with Gasteiger partial charge in [0, 0.05) is 5.69 Å². The highest BCUT2D eigenvalue weighted by Crippen LogP contribution is 2.39. The predicted octanol–water partition coefficient (Wildman–Crippen LogP) is 2.61. The number of esters is 1. The fourth-order valence-corrected chi connectivity index (χ4v) is 3.57. The molecule has 1 spiro atoms. The second-order valence-electron chi connectivity index (χ2n) is 7.36. The molecule has 0 amide bonds. The van der Waals surface area contributed by atoms with Crippen LogP contribution in [0, 0.1) is 5.92 Å². The van der Waals surface area contributed by atoms with Crippen LogP contribution >= 0.6 is 0 Å². The van der Waals surface area contributed by atoms with Crippen LogP contribution in [0.5, 0.6) is 0 Å². The lowest BCUT2D eigenvalue weighted by Crippen LogP contribution is -2.58. The molecule has 0 saturated heterocycles. The Hall–Kier alpha value is -2.57. The van der Waals surface area contributed by atoms with Crippen LogP contribution in [0.2, 0.25) is 0 Å². The maximum Gasteiger partial charge on any atom is 0.338 e. The smallest absolute Gasteiger partial charge is 0.338 e. The molecule has 0 aromatic heterocycles. The first-order valence-electron chi connectivity index (χ1n) is 9.18. The molecule has 26 heavy (non-hydrogen) atoms. The lowest BCUT2D eigenvalue weighted by Gasteiger charge is -2.45. The number of nitrogens with two attached hydrogens (primary N) is 2. The van der Waals surface area contributed by atoms with Crippen molar-refractivity contribution in [1.82, 2.24) is 0 Å². The lowest BCUT2D eigenvalue weighted by molar-refractivity contribution is 0.0459. The predicted molar refractivity (Wildman–Crippen MR) is 103 cm³/mol. The average molecular weight is 357 g/mol. The standard InChI is InChI=1S/C19H27N5O2/c1-13(2)12-26-16(25)14-6-8-15(9-7-14)24-18(21)22-17(20)23-19(24)10-4-3-5-11-19/h6-9,13H,3-5,10-12H2,1-2H3,(H4,20,21,22,23). The molecule has 0 atom stereocenters. The van der Waals surface area contributed by atoms with Gasteiger partial charge in [0.25, 0.3) is 0 Å². The molecule has 0 radical (unpaired) electrons. The number of aliphatic imine (C=N–C) groups is 2. The molecule has 2 aliphatic rings. The SMILES string of the molecule is CC(C)COC(=O)c1ccc(N2C(N)=NC(N)=NC23CCCCC3)cc1. The lowest BCUT2D eigenvalue weighted by atomic mass is 9.87. The quantitative estimate of drug-likeness (QED) is 0.806. The number of hydrogen-bond acceptors (Lipinski definition) is 7. The van der Waals surface area contributed by atoms with Gasteiger partial charge in [-0.3, -0.25) is 4.90 Å². The molecule has 7 nitrogen and oxygen atoms in total. The number of hydrogen-bond donors (Lipinski definition) is 2. The average Bonchev–Trinajstić information content (AvgIpc) is 2.60. The number of ether oxygens (including phenoxy) is 1. The van der Waals surface area contributed by atoms with Crippen LogP contribution in [0.3, 0.4) is 0 Å². The van der Waals surface area contributed by atoms with Crippen molar-refractivity contribution in [3.8, 4) is 0 Å². The van der Waals surface area contributed by atoms with Crippen LogP contribution < -0.4 is 16.4 Å². The van der Waals surface area contributed by atoms with E-state index in [1.54, 1.807) is 12.1 Å². The molecule has 1 aromatic carbocycles. The van der Waals surface area contributed by atoms with E-state index < -0.39 is 5.66 Å². The van der Waals surface area contributed by atoms with Crippen LogP contribution in [-0.4, -0.2) is 30.2 Å². The molecular weight excluding hydrogens is 330 g/mol. The van der Waals surface area contributed by atoms with Crippen molar-refractivity contribution in [2.24, 2.45) is 27.4 Å². The molecular formula is C19H27N5O2. The van der Waals surface area contributed by atoms with Crippen LogP contribution in [0.1, 0.15) is 56.3 Å². The summed E-state index contributed by atoms with van der Waals surface area (Å²) in [6.45, 7) is 4.42. The van der Waals surface area contributed by atoms with Crippen LogP contribution in [0.4, 0.5) is 5.69 Å². The molecule has 0 unspecified atom stereocenters. The second-order valence-corrected chi connectivity index (χ2v) is 7.36. The summed E-state index contributed by atoms with van der Waals surface area (Å²) in [4.78, 5) is 22.9. The molecule has 1 saturated carbocycles. The summed E-state index contributed by atoms with van der Waals surface area (Å²) >= 11 is 0. The number of guanidine groups is 2. The van der Waals surface area contributed by atoms with E-state index in [4.69, 9.17) is 16.2 Å². The Labute approximate surface area is 154 Å². The Balaban J connectivity index is 1.85. The van der Waals surface area contributed by atoms with E-state index in [1.165, 1.54) is 6.42 Å². The zero-order chi connectivity index (χ0) is 18.7. The Kier molecular flexibility index (Phi) is 5.15. The fraction of sp³-hybridized carbons (Fsp3) is 0.526. The van der Waals surface area contributed by atoms with Gasteiger partial charge in [-0.15, -0.1) is 0 Å². The van der Waals surface area contributed by atoms with Crippen LogP contribution in [-0.2, 0) is 4.74 Å². The third-order valence-electron chi connectivity index (χ3n) is 4.76. The van der Waals surface area contributed by atoms with Gasteiger partial charge < -0.3 is 16.2 Å². The summed E-state index contributed by atoms with van der Waals surface area (Å²) in [6.07, 6.45) is 5.08. The molecule has 7 heteroatoms. The Morgan fingerprint density at radius 3 is 2.46 bits per heavy atom. The van der Waals surface area contributed by atoms with Crippen molar-refractivity contribution in [1.29, 1.82) is 0 Å². The maximum atomic E-state index is 12.1. The van der Waals surface area contributed by atoms with Crippen molar-refractivity contribution in [3.05, 3.63) is 29.8 Å². The maximum absolute atomic E-state index is 12.1. The van der Waals surface area contributed by atoms with Gasteiger partial charge >= 0.3 is 5.97 Å². The van der Waals surface area contributed by atoms with E-state index in [-0.39, 0.29) is 11.9 Å². The van der Waals surface area contributed by atoms with Gasteiger partial charge in [-0.25, -0.2) is 9.79 Å². The first-order valence-corrected chi connectivity index (χ1v) is 9.18. The van der Waals surface area contributed by atoms with E-state index >= 15 is 0 Å². The molecule has 1 fully saturated rings. The van der Waals surface area contributed by atoms with Crippen molar-refractivity contribution in [3.63, 3.8) is 0 Å². The summed E-state index contributed by atoms with van der Waals surface area (Å²) in [5.74, 6) is 0.557. The number of anilines is 1. The molecule has 1 aliphatic heterocycles. The van der Waals surface area contributed by atoms with Gasteiger partial charge in [0.1, 0.15) is 5.66 Å². The summed E-state index contributed by atoms with van der Waals surface area (Å²) in [7, 11) is 0. The zero-order valence-electron chi connectivity index (χ0n) is 15.4. The largest absolute Gasteiger partial charge is 0.462 e. The van der Waals surface area contributed by atoms with E-state index in [9.17, 15) is 4.79 Å². The summed E-state index contributed by atoms with van der Waals surface area (Å²) in [6, 6.07) is 7.23. The number of carbonyl (C=O) groups is 1. The van der Waals surface area contributed by atoms with E-state index in [2.05, 4.69) is 9.98 Å². The summed E-state index contributed by atoms with van der Waals surface area (Å²) in [5.41, 5.74) is 13.0. The van der Waals surface area contributed by atoms with Crippen LogP contribution in [0.15, 0.2) is 34.3 Å². The topological polar surface area (TPSA) is 106 Å². The van der Waals surface area contributed by atoms with Gasteiger partial charge in [0.2, 0.25) is 11.9 Å². The minimum absolute atomic E-state index is 0.231. The van der Waals surface area contributed by atoms with Crippen molar-refractivity contribution in [2.75, 3.05) is 11.5 Å². The number of nitrogens with zero attached hydrogens (tertiary/aromatic N) is 3. The zero-order valence-corrected chi connectivity index (χ0v) is 15.4. The molecule has 0 bridgehead atoms. The molecule has 3 rings (SSSR count). The van der Waals surface area contributed by atoms with Crippen molar-refractivity contribution < 1.29 is 9.53 Å². The van der Waals surface area contributed by atoms with E-state index in [0.717, 1.165) is 31.4 Å². The third-order valence-corrected chi connectivity index (χ3v) is 4.76. The summed E-state index contributed by atoms with van der Waals surface area (Å²) < 4.78 is 5.28. The monoisotopic (exact) mass is 357 g/mol. The highest BCUT2D eigenvalue weighted by atomic mass is 16.5. The Bertz CT molecular complexity index is 718. The fourth-order valence-electron chi connectivity index (χ4n) is 3.57. The highest BCUT2D eigenvalue weighted by Gasteiger charge is 2.42. The van der Waals surface area contributed by atoms with Gasteiger partial charge in [-0.2, -0.15) is 4.99 Å². The van der Waals surface area contributed by atoms with Gasteiger partial charge in [0.05, 0.1) is 12.2 Å². The minimum atomic E-state index is -0.478. The molecule has 140 valence electrons. The molecule has 1 aliphatic carbocycles. The van der Waals surface area contributed by atoms with Gasteiger partial charge in [-0.05, 0) is 55.9 Å². The van der Waals surface area contributed by atoms with E-state index in [0.29, 0.717) is 24.0 Å². The van der Waals surface area contributed by atoms with Gasteiger partial charge in [-0.1, -0.05) is 20.3 Å². The van der Waals surface area contributed by atoms with Gasteiger partial charge in [0.15, 0.2) is 0 Å². The number of rotatable bonds is 4.